The Labute approximate surface area is 109 Å². The number of carboxylic acid groups (broad SMARTS) is 2. The van der Waals surface area contributed by atoms with Crippen molar-refractivity contribution in [2.75, 3.05) is 0 Å². The topological polar surface area (TPSA) is 87.5 Å². The third-order valence-corrected chi connectivity index (χ3v) is 2.63. The summed E-state index contributed by atoms with van der Waals surface area (Å²) >= 11 is 0. The molecule has 0 aliphatic rings. The van der Waals surface area contributed by atoms with Crippen molar-refractivity contribution in [1.29, 1.82) is 0 Å². The minimum Gasteiger partial charge on any atom is -0.478 e. The zero-order chi connectivity index (χ0) is 14.0. The quantitative estimate of drug-likeness (QED) is 0.881. The number of benzene rings is 1. The van der Waals surface area contributed by atoms with Crippen LogP contribution in [-0.4, -0.2) is 27.1 Å². The van der Waals surface area contributed by atoms with Crippen LogP contribution in [-0.2, 0) is 0 Å². The van der Waals surface area contributed by atoms with Crippen LogP contribution in [0.15, 0.2) is 36.5 Å². The molecule has 1 aromatic carbocycles. The van der Waals surface area contributed by atoms with Gasteiger partial charge in [0.05, 0.1) is 16.8 Å². The van der Waals surface area contributed by atoms with Gasteiger partial charge in [-0.25, -0.2) is 9.59 Å². The summed E-state index contributed by atoms with van der Waals surface area (Å²) in [6, 6.07) is 7.50. The minimum atomic E-state index is -1.17. The highest BCUT2D eigenvalue weighted by molar-refractivity contribution is 5.95. The van der Waals surface area contributed by atoms with Gasteiger partial charge < -0.3 is 10.2 Å². The Bertz CT molecular complexity index is 615. The largest absolute Gasteiger partial charge is 0.478 e. The second-order valence-corrected chi connectivity index (χ2v) is 4.13. The van der Waals surface area contributed by atoms with Gasteiger partial charge >= 0.3 is 11.9 Å². The Kier molecular flexibility index (Phi) is 3.29. The molecule has 2 aromatic rings. The predicted octanol–water partition coefficient (Wildman–Crippen LogP) is 2.45. The fourth-order valence-corrected chi connectivity index (χ4v) is 1.66. The molecule has 0 unspecified atom stereocenters. The molecule has 2 rings (SSSR count). The van der Waals surface area contributed by atoms with Gasteiger partial charge in [0.25, 0.3) is 0 Å². The van der Waals surface area contributed by atoms with Crippen LogP contribution in [0.25, 0.3) is 11.3 Å². The molecule has 19 heavy (non-hydrogen) atoms. The summed E-state index contributed by atoms with van der Waals surface area (Å²) in [5.41, 5.74) is 1.83. The number of hydrogen-bond acceptors (Lipinski definition) is 3. The second-order valence-electron chi connectivity index (χ2n) is 4.13. The predicted molar refractivity (Wildman–Crippen MR) is 68.3 cm³/mol. The molecule has 0 atom stereocenters. The van der Waals surface area contributed by atoms with Gasteiger partial charge in [-0.1, -0.05) is 6.07 Å². The van der Waals surface area contributed by atoms with Crippen molar-refractivity contribution in [3.8, 4) is 11.3 Å². The van der Waals surface area contributed by atoms with E-state index in [0.29, 0.717) is 11.3 Å². The lowest BCUT2D eigenvalue weighted by Gasteiger charge is -2.05. The molecule has 1 aromatic heterocycles. The maximum absolute atomic E-state index is 11.0. The molecule has 5 heteroatoms. The smallest absolute Gasteiger partial charge is 0.335 e. The van der Waals surface area contributed by atoms with E-state index in [1.807, 2.05) is 13.0 Å². The average Bonchev–Trinajstić information content (AvgIpc) is 2.39. The summed E-state index contributed by atoms with van der Waals surface area (Å²) in [7, 11) is 0. The van der Waals surface area contributed by atoms with Crippen LogP contribution >= 0.6 is 0 Å². The Balaban J connectivity index is 2.59. The first-order valence-electron chi connectivity index (χ1n) is 5.52. The maximum Gasteiger partial charge on any atom is 0.335 e. The van der Waals surface area contributed by atoms with E-state index in [2.05, 4.69) is 4.98 Å². The summed E-state index contributed by atoms with van der Waals surface area (Å²) in [6.07, 6.45) is 1.64. The van der Waals surface area contributed by atoms with Crippen molar-refractivity contribution in [2.24, 2.45) is 0 Å². The van der Waals surface area contributed by atoms with Crippen molar-refractivity contribution in [3.05, 3.63) is 53.2 Å². The average molecular weight is 257 g/mol. The van der Waals surface area contributed by atoms with E-state index in [1.54, 1.807) is 12.3 Å². The Hall–Kier alpha value is -2.69. The summed E-state index contributed by atoms with van der Waals surface area (Å²) in [4.78, 5) is 26.2. The summed E-state index contributed by atoms with van der Waals surface area (Å²) < 4.78 is 0. The molecule has 0 amide bonds. The molecule has 0 spiro atoms. The monoisotopic (exact) mass is 257 g/mol. The van der Waals surface area contributed by atoms with Gasteiger partial charge in [0.15, 0.2) is 0 Å². The highest BCUT2D eigenvalue weighted by Crippen LogP contribution is 2.21. The van der Waals surface area contributed by atoms with Gasteiger partial charge in [-0.15, -0.1) is 0 Å². The lowest BCUT2D eigenvalue weighted by molar-refractivity contribution is 0.0696. The van der Waals surface area contributed by atoms with Crippen molar-refractivity contribution in [3.63, 3.8) is 0 Å². The molecular formula is C14H11NO4. The highest BCUT2D eigenvalue weighted by atomic mass is 16.4. The molecule has 0 saturated heterocycles. The standard InChI is InChI=1S/C14H11NO4/c1-8-2-3-12(15-7-8)9-4-10(13(16)17)6-11(5-9)14(18)19/h2-7H,1H3,(H,16,17)(H,18,19). The number of carboxylic acids is 2. The van der Waals surface area contributed by atoms with Crippen LogP contribution in [0, 0.1) is 6.92 Å². The van der Waals surface area contributed by atoms with Gasteiger partial charge in [-0.05, 0) is 36.8 Å². The number of rotatable bonds is 3. The van der Waals surface area contributed by atoms with Crippen molar-refractivity contribution < 1.29 is 19.8 Å². The molecule has 0 aliphatic carbocycles. The van der Waals surface area contributed by atoms with Gasteiger partial charge in [-0.2, -0.15) is 0 Å². The van der Waals surface area contributed by atoms with E-state index in [1.165, 1.54) is 12.1 Å². The molecule has 0 radical (unpaired) electrons. The van der Waals surface area contributed by atoms with E-state index in [4.69, 9.17) is 10.2 Å². The molecule has 0 aliphatic heterocycles. The van der Waals surface area contributed by atoms with Crippen molar-refractivity contribution in [2.45, 2.75) is 6.92 Å². The number of aromatic carboxylic acids is 2. The SMILES string of the molecule is Cc1ccc(-c2cc(C(=O)O)cc(C(=O)O)c2)nc1. The number of aryl methyl sites for hydroxylation is 1. The molecule has 2 N–H and O–H groups in total. The molecule has 0 saturated carbocycles. The van der Waals surface area contributed by atoms with E-state index in [0.717, 1.165) is 11.6 Å². The minimum absolute atomic E-state index is 0.0720. The van der Waals surface area contributed by atoms with Crippen LogP contribution in [0.2, 0.25) is 0 Å². The van der Waals surface area contributed by atoms with E-state index in [9.17, 15) is 9.59 Å². The maximum atomic E-state index is 11.0. The van der Waals surface area contributed by atoms with E-state index >= 15 is 0 Å². The third-order valence-electron chi connectivity index (χ3n) is 2.63. The summed E-state index contributed by atoms with van der Waals surface area (Å²) in [6.45, 7) is 1.88. The van der Waals surface area contributed by atoms with Crippen LogP contribution in [0.1, 0.15) is 26.3 Å². The molecular weight excluding hydrogens is 246 g/mol. The molecule has 96 valence electrons. The van der Waals surface area contributed by atoms with Crippen LogP contribution < -0.4 is 0 Å². The summed E-state index contributed by atoms with van der Waals surface area (Å²) in [5, 5.41) is 18.0. The number of aromatic nitrogens is 1. The lowest BCUT2D eigenvalue weighted by Crippen LogP contribution is -2.03. The van der Waals surface area contributed by atoms with Gasteiger partial charge in [-0.3, -0.25) is 4.98 Å². The highest BCUT2D eigenvalue weighted by Gasteiger charge is 2.12. The first kappa shape index (κ1) is 12.8. The molecule has 5 nitrogen and oxygen atoms in total. The van der Waals surface area contributed by atoms with Crippen LogP contribution in [0.5, 0.6) is 0 Å². The zero-order valence-electron chi connectivity index (χ0n) is 10.1. The van der Waals surface area contributed by atoms with E-state index in [-0.39, 0.29) is 11.1 Å². The molecule has 1 heterocycles. The number of nitrogens with zero attached hydrogens (tertiary/aromatic N) is 1. The van der Waals surface area contributed by atoms with Gasteiger partial charge in [0.1, 0.15) is 0 Å². The Morgan fingerprint density at radius 3 is 2.00 bits per heavy atom. The fourth-order valence-electron chi connectivity index (χ4n) is 1.66. The number of pyridine rings is 1. The second kappa shape index (κ2) is 4.89. The number of carbonyl (C=O) groups is 2. The van der Waals surface area contributed by atoms with Gasteiger partial charge in [0, 0.05) is 11.8 Å². The molecule has 0 bridgehead atoms. The van der Waals surface area contributed by atoms with Gasteiger partial charge in [0.2, 0.25) is 0 Å². The third kappa shape index (κ3) is 2.77. The molecule has 0 fully saturated rings. The Morgan fingerprint density at radius 1 is 1.00 bits per heavy atom. The summed E-state index contributed by atoms with van der Waals surface area (Å²) in [5.74, 6) is -2.34. The lowest BCUT2D eigenvalue weighted by atomic mass is 10.0. The first-order valence-corrected chi connectivity index (χ1v) is 5.52. The fraction of sp³-hybridized carbons (Fsp3) is 0.0714. The Morgan fingerprint density at radius 2 is 1.58 bits per heavy atom. The number of hydrogen-bond donors (Lipinski definition) is 2. The van der Waals surface area contributed by atoms with Crippen LogP contribution in [0.4, 0.5) is 0 Å². The normalized spacial score (nSPS) is 10.2. The van der Waals surface area contributed by atoms with E-state index < -0.39 is 11.9 Å². The van der Waals surface area contributed by atoms with Crippen molar-refractivity contribution >= 4 is 11.9 Å². The zero-order valence-corrected chi connectivity index (χ0v) is 10.1. The van der Waals surface area contributed by atoms with Crippen molar-refractivity contribution in [1.82, 2.24) is 4.98 Å². The van der Waals surface area contributed by atoms with Crippen LogP contribution in [0.3, 0.4) is 0 Å². The first-order chi connectivity index (χ1) is 8.97.